The van der Waals surface area contributed by atoms with Crippen LogP contribution in [0.3, 0.4) is 0 Å². The van der Waals surface area contributed by atoms with Gasteiger partial charge >= 0.3 is 0 Å². The van der Waals surface area contributed by atoms with E-state index in [-0.39, 0.29) is 23.7 Å². The van der Waals surface area contributed by atoms with Crippen LogP contribution in [-0.4, -0.2) is 17.4 Å². The first kappa shape index (κ1) is 18.4. The number of anilines is 1. The number of thiazole rings is 1. The summed E-state index contributed by atoms with van der Waals surface area (Å²) in [4.78, 5) is 16.7. The summed E-state index contributed by atoms with van der Waals surface area (Å²) in [6.07, 6.45) is 6.34. The molecule has 3 N–H and O–H groups in total. The van der Waals surface area contributed by atoms with Gasteiger partial charge in [0.05, 0.1) is 5.69 Å². The molecule has 1 heterocycles. The molecule has 4 nitrogen and oxygen atoms in total. The van der Waals surface area contributed by atoms with Crippen LogP contribution in [-0.2, 0) is 4.79 Å². The summed E-state index contributed by atoms with van der Waals surface area (Å²) in [6.45, 7) is 4.81. The minimum absolute atomic E-state index is 0. The van der Waals surface area contributed by atoms with Crippen LogP contribution >= 0.6 is 23.7 Å². The molecule has 1 saturated carbocycles. The van der Waals surface area contributed by atoms with Crippen LogP contribution in [0.15, 0.2) is 5.38 Å². The highest BCUT2D eigenvalue weighted by atomic mass is 35.5. The molecule has 120 valence electrons. The van der Waals surface area contributed by atoms with Crippen molar-refractivity contribution in [3.8, 4) is 0 Å². The topological polar surface area (TPSA) is 68.0 Å². The van der Waals surface area contributed by atoms with Gasteiger partial charge in [-0.2, -0.15) is 0 Å². The molecule has 1 aromatic rings. The minimum atomic E-state index is 0. The molecule has 0 atom stereocenters. The molecule has 0 bridgehead atoms. The summed E-state index contributed by atoms with van der Waals surface area (Å²) in [7, 11) is 0. The van der Waals surface area contributed by atoms with Gasteiger partial charge in [-0.25, -0.2) is 4.98 Å². The number of halogens is 1. The number of hydrogen-bond donors (Lipinski definition) is 2. The molecule has 0 unspecified atom stereocenters. The maximum absolute atomic E-state index is 12.2. The third kappa shape index (κ3) is 4.94. The highest BCUT2D eigenvalue weighted by Crippen LogP contribution is 2.38. The monoisotopic (exact) mass is 331 g/mol. The Hall–Kier alpha value is -0.650. The molecule has 1 fully saturated rings. The van der Waals surface area contributed by atoms with Crippen molar-refractivity contribution in [3.63, 3.8) is 0 Å². The number of nitrogens with one attached hydrogen (secondary N) is 1. The quantitative estimate of drug-likeness (QED) is 0.859. The number of carbonyl (C=O) groups is 1. The molecular formula is C15H26ClN3OS. The molecule has 0 aliphatic heterocycles. The summed E-state index contributed by atoms with van der Waals surface area (Å²) >= 11 is 1.50. The second-order valence-electron chi connectivity index (χ2n) is 6.22. The van der Waals surface area contributed by atoms with Crippen LogP contribution in [0.1, 0.15) is 64.0 Å². The zero-order valence-corrected chi connectivity index (χ0v) is 14.5. The third-order valence-corrected chi connectivity index (χ3v) is 5.02. The summed E-state index contributed by atoms with van der Waals surface area (Å²) in [5, 5.41) is 5.66. The number of rotatable bonds is 5. The van der Waals surface area contributed by atoms with Gasteiger partial charge < -0.3 is 11.1 Å². The SMILES string of the molecule is CC(C)c1csc(NC(=O)CC2(CN)CCCCC2)n1.Cl. The van der Waals surface area contributed by atoms with E-state index in [1.54, 1.807) is 0 Å². The highest BCUT2D eigenvalue weighted by molar-refractivity contribution is 7.13. The van der Waals surface area contributed by atoms with Gasteiger partial charge in [0.25, 0.3) is 0 Å². The Morgan fingerprint density at radius 1 is 1.43 bits per heavy atom. The van der Waals surface area contributed by atoms with E-state index in [9.17, 15) is 4.79 Å². The fraction of sp³-hybridized carbons (Fsp3) is 0.733. The summed E-state index contributed by atoms with van der Waals surface area (Å²) in [5.41, 5.74) is 6.98. The molecule has 0 aromatic carbocycles. The van der Waals surface area contributed by atoms with Gasteiger partial charge in [-0.15, -0.1) is 23.7 Å². The lowest BCUT2D eigenvalue weighted by atomic mass is 9.72. The number of amides is 1. The van der Waals surface area contributed by atoms with Crippen molar-refractivity contribution in [2.75, 3.05) is 11.9 Å². The van der Waals surface area contributed by atoms with Crippen molar-refractivity contribution in [2.24, 2.45) is 11.1 Å². The van der Waals surface area contributed by atoms with Crippen molar-refractivity contribution in [2.45, 2.75) is 58.3 Å². The Morgan fingerprint density at radius 3 is 2.62 bits per heavy atom. The van der Waals surface area contributed by atoms with E-state index >= 15 is 0 Å². The number of hydrogen-bond acceptors (Lipinski definition) is 4. The van der Waals surface area contributed by atoms with E-state index in [2.05, 4.69) is 24.1 Å². The van der Waals surface area contributed by atoms with Gasteiger partial charge in [-0.3, -0.25) is 4.79 Å². The molecule has 0 radical (unpaired) electrons. The maximum Gasteiger partial charge on any atom is 0.226 e. The number of nitrogens with zero attached hydrogens (tertiary/aromatic N) is 1. The number of carbonyl (C=O) groups excluding carboxylic acids is 1. The van der Waals surface area contributed by atoms with E-state index in [0.29, 0.717) is 24.0 Å². The molecule has 1 amide bonds. The lowest BCUT2D eigenvalue weighted by Crippen LogP contribution is -2.36. The molecule has 2 rings (SSSR count). The molecule has 0 saturated heterocycles. The highest BCUT2D eigenvalue weighted by Gasteiger charge is 2.33. The Kier molecular flexibility index (Phi) is 7.10. The third-order valence-electron chi connectivity index (χ3n) is 4.24. The predicted molar refractivity (Wildman–Crippen MR) is 91.3 cm³/mol. The van der Waals surface area contributed by atoms with Crippen molar-refractivity contribution in [1.29, 1.82) is 0 Å². The van der Waals surface area contributed by atoms with Crippen LogP contribution in [0, 0.1) is 5.41 Å². The fourth-order valence-corrected chi connectivity index (χ4v) is 3.76. The fourth-order valence-electron chi connectivity index (χ4n) is 2.87. The Morgan fingerprint density at radius 2 is 2.10 bits per heavy atom. The van der Waals surface area contributed by atoms with Gasteiger partial charge in [0.15, 0.2) is 5.13 Å². The normalized spacial score (nSPS) is 17.3. The second-order valence-corrected chi connectivity index (χ2v) is 7.08. The molecule has 6 heteroatoms. The van der Waals surface area contributed by atoms with Gasteiger partial charge in [-0.05, 0) is 30.7 Å². The zero-order valence-electron chi connectivity index (χ0n) is 12.9. The molecular weight excluding hydrogens is 306 g/mol. The lowest BCUT2D eigenvalue weighted by molar-refractivity contribution is -0.118. The van der Waals surface area contributed by atoms with Gasteiger partial charge in [-0.1, -0.05) is 33.1 Å². The van der Waals surface area contributed by atoms with Crippen LogP contribution in [0.2, 0.25) is 0 Å². The van der Waals surface area contributed by atoms with Crippen molar-refractivity contribution < 1.29 is 4.79 Å². The zero-order chi connectivity index (χ0) is 14.6. The predicted octanol–water partition coefficient (Wildman–Crippen LogP) is 3.93. The minimum Gasteiger partial charge on any atom is -0.330 e. The van der Waals surface area contributed by atoms with Gasteiger partial charge in [0, 0.05) is 11.8 Å². The first-order valence-corrected chi connectivity index (χ1v) is 8.38. The van der Waals surface area contributed by atoms with Gasteiger partial charge in [0.1, 0.15) is 0 Å². The van der Waals surface area contributed by atoms with Gasteiger partial charge in [0.2, 0.25) is 5.91 Å². The van der Waals surface area contributed by atoms with Crippen LogP contribution in [0.25, 0.3) is 0 Å². The summed E-state index contributed by atoms with van der Waals surface area (Å²) < 4.78 is 0. The Balaban J connectivity index is 0.00000220. The van der Waals surface area contributed by atoms with E-state index in [0.717, 1.165) is 18.5 Å². The van der Waals surface area contributed by atoms with E-state index < -0.39 is 0 Å². The molecule has 21 heavy (non-hydrogen) atoms. The summed E-state index contributed by atoms with van der Waals surface area (Å²) in [6, 6.07) is 0. The molecule has 1 aliphatic carbocycles. The average molecular weight is 332 g/mol. The maximum atomic E-state index is 12.2. The second kappa shape index (κ2) is 8.11. The van der Waals surface area contributed by atoms with Crippen molar-refractivity contribution in [3.05, 3.63) is 11.1 Å². The van der Waals surface area contributed by atoms with Crippen molar-refractivity contribution in [1.82, 2.24) is 4.98 Å². The number of nitrogens with two attached hydrogens (primary N) is 1. The Labute approximate surface area is 137 Å². The van der Waals surface area contributed by atoms with Crippen LogP contribution in [0.5, 0.6) is 0 Å². The first-order valence-electron chi connectivity index (χ1n) is 7.50. The van der Waals surface area contributed by atoms with E-state index in [1.807, 2.05) is 5.38 Å². The molecule has 0 spiro atoms. The largest absolute Gasteiger partial charge is 0.330 e. The van der Waals surface area contributed by atoms with Crippen molar-refractivity contribution >= 4 is 34.8 Å². The molecule has 1 aliphatic rings. The van der Waals surface area contributed by atoms with Crippen LogP contribution in [0.4, 0.5) is 5.13 Å². The standard InChI is InChI=1S/C15H25N3OS.ClH/c1-11(2)12-9-20-14(17-12)18-13(19)8-15(10-16)6-4-3-5-7-15;/h9,11H,3-8,10,16H2,1-2H3,(H,17,18,19);1H. The lowest BCUT2D eigenvalue weighted by Gasteiger charge is -2.35. The Bertz CT molecular complexity index is 456. The van der Waals surface area contributed by atoms with E-state index in [4.69, 9.17) is 5.73 Å². The summed E-state index contributed by atoms with van der Waals surface area (Å²) in [5.74, 6) is 0.452. The smallest absolute Gasteiger partial charge is 0.226 e. The first-order chi connectivity index (χ1) is 9.54. The average Bonchev–Trinajstić information content (AvgIpc) is 2.88. The van der Waals surface area contributed by atoms with E-state index in [1.165, 1.54) is 30.6 Å². The van der Waals surface area contributed by atoms with Crippen LogP contribution < -0.4 is 11.1 Å². The molecule has 1 aromatic heterocycles. The number of aromatic nitrogens is 1.